The molecule has 1 fully saturated rings. The normalized spacial score (nSPS) is 20.5. The number of carboxylic acid groups (broad SMARTS) is 1. The first kappa shape index (κ1) is 18.7. The van der Waals surface area contributed by atoms with Crippen LogP contribution < -0.4 is 5.32 Å². The van der Waals surface area contributed by atoms with Crippen molar-refractivity contribution >= 4 is 12.1 Å². The summed E-state index contributed by atoms with van der Waals surface area (Å²) in [6.07, 6.45) is 0.457. The molecule has 1 saturated heterocycles. The molecule has 0 radical (unpaired) electrons. The Morgan fingerprint density at radius 3 is 2.73 bits per heavy atom. The molecule has 7 nitrogen and oxygen atoms in total. The molecular formula is C15H28N2O5. The number of carbonyl (C=O) groups is 2. The monoisotopic (exact) mass is 316 g/mol. The lowest BCUT2D eigenvalue weighted by Gasteiger charge is -2.37. The van der Waals surface area contributed by atoms with Crippen LogP contribution in [0.2, 0.25) is 0 Å². The van der Waals surface area contributed by atoms with Crippen molar-refractivity contribution in [3.8, 4) is 0 Å². The smallest absolute Gasteiger partial charge is 0.410 e. The summed E-state index contributed by atoms with van der Waals surface area (Å²) >= 11 is 0. The van der Waals surface area contributed by atoms with E-state index in [1.165, 1.54) is 0 Å². The maximum Gasteiger partial charge on any atom is 0.410 e. The van der Waals surface area contributed by atoms with E-state index in [1.807, 2.05) is 27.7 Å². The second-order valence-corrected chi connectivity index (χ2v) is 6.64. The molecule has 2 atom stereocenters. The van der Waals surface area contributed by atoms with Crippen LogP contribution in [0, 0.1) is 0 Å². The van der Waals surface area contributed by atoms with Crippen molar-refractivity contribution in [1.82, 2.24) is 10.2 Å². The van der Waals surface area contributed by atoms with Crippen LogP contribution in [0.4, 0.5) is 4.79 Å². The van der Waals surface area contributed by atoms with E-state index < -0.39 is 11.6 Å². The average Bonchev–Trinajstić information content (AvgIpc) is 2.36. The molecular weight excluding hydrogens is 288 g/mol. The number of hydrogen-bond donors (Lipinski definition) is 2. The Bertz CT molecular complexity index is 381. The van der Waals surface area contributed by atoms with Gasteiger partial charge in [0.15, 0.2) is 0 Å². The molecule has 0 bridgehead atoms. The molecule has 1 heterocycles. The SMILES string of the molecule is CC(CC1COCCN1C(=O)OC(C)(C)C)NCCC(=O)O. The van der Waals surface area contributed by atoms with Gasteiger partial charge in [0.05, 0.1) is 25.7 Å². The van der Waals surface area contributed by atoms with Crippen molar-refractivity contribution in [2.75, 3.05) is 26.3 Å². The molecule has 2 N–H and O–H groups in total. The fraction of sp³-hybridized carbons (Fsp3) is 0.867. The number of amides is 1. The van der Waals surface area contributed by atoms with Crippen LogP contribution >= 0.6 is 0 Å². The summed E-state index contributed by atoms with van der Waals surface area (Å²) in [7, 11) is 0. The first-order chi connectivity index (χ1) is 10.2. The molecule has 0 aromatic carbocycles. The predicted octanol–water partition coefficient (Wildman–Crippen LogP) is 1.47. The van der Waals surface area contributed by atoms with Crippen LogP contribution in [0.3, 0.4) is 0 Å². The van der Waals surface area contributed by atoms with Gasteiger partial charge in [0.1, 0.15) is 5.60 Å². The minimum Gasteiger partial charge on any atom is -0.481 e. The lowest BCUT2D eigenvalue weighted by Crippen LogP contribution is -2.52. The van der Waals surface area contributed by atoms with Gasteiger partial charge < -0.3 is 24.8 Å². The van der Waals surface area contributed by atoms with E-state index in [1.54, 1.807) is 4.90 Å². The van der Waals surface area contributed by atoms with E-state index in [0.29, 0.717) is 32.7 Å². The Labute approximate surface area is 131 Å². The number of hydrogen-bond acceptors (Lipinski definition) is 5. The average molecular weight is 316 g/mol. The van der Waals surface area contributed by atoms with E-state index >= 15 is 0 Å². The Balaban J connectivity index is 2.50. The molecule has 22 heavy (non-hydrogen) atoms. The third-order valence-corrected chi connectivity index (χ3v) is 3.31. The van der Waals surface area contributed by atoms with Gasteiger partial charge in [0, 0.05) is 19.1 Å². The third kappa shape index (κ3) is 7.09. The molecule has 0 saturated carbocycles. The van der Waals surface area contributed by atoms with Crippen LogP contribution in [0.15, 0.2) is 0 Å². The number of carboxylic acids is 1. The maximum absolute atomic E-state index is 12.3. The zero-order valence-corrected chi connectivity index (χ0v) is 13.9. The van der Waals surface area contributed by atoms with Gasteiger partial charge in [-0.3, -0.25) is 4.79 Å². The van der Waals surface area contributed by atoms with E-state index in [0.717, 1.165) is 0 Å². The number of nitrogens with zero attached hydrogens (tertiary/aromatic N) is 1. The predicted molar refractivity (Wildman–Crippen MR) is 81.9 cm³/mol. The summed E-state index contributed by atoms with van der Waals surface area (Å²) in [5, 5.41) is 11.8. The molecule has 0 aromatic heterocycles. The Morgan fingerprint density at radius 1 is 1.45 bits per heavy atom. The highest BCUT2D eigenvalue weighted by Gasteiger charge is 2.31. The van der Waals surface area contributed by atoms with E-state index in [-0.39, 0.29) is 24.6 Å². The topological polar surface area (TPSA) is 88.1 Å². The van der Waals surface area contributed by atoms with E-state index in [9.17, 15) is 9.59 Å². The Hall–Kier alpha value is -1.34. The number of nitrogens with one attached hydrogen (secondary N) is 1. The molecule has 1 amide bonds. The van der Waals surface area contributed by atoms with Gasteiger partial charge >= 0.3 is 12.1 Å². The number of aliphatic carboxylic acids is 1. The van der Waals surface area contributed by atoms with Gasteiger partial charge in [-0.2, -0.15) is 0 Å². The number of ether oxygens (including phenoxy) is 2. The van der Waals surface area contributed by atoms with Crippen LogP contribution in [0.25, 0.3) is 0 Å². The van der Waals surface area contributed by atoms with Crippen molar-refractivity contribution in [3.05, 3.63) is 0 Å². The summed E-state index contributed by atoms with van der Waals surface area (Å²) in [6.45, 7) is 9.42. The van der Waals surface area contributed by atoms with Crippen LogP contribution in [0.5, 0.6) is 0 Å². The zero-order chi connectivity index (χ0) is 16.8. The molecule has 2 unspecified atom stereocenters. The van der Waals surface area contributed by atoms with Crippen LogP contribution in [0.1, 0.15) is 40.5 Å². The van der Waals surface area contributed by atoms with Gasteiger partial charge in [-0.15, -0.1) is 0 Å². The first-order valence-corrected chi connectivity index (χ1v) is 7.71. The van der Waals surface area contributed by atoms with Gasteiger partial charge in [0.2, 0.25) is 0 Å². The quantitative estimate of drug-likeness (QED) is 0.771. The molecule has 0 spiro atoms. The summed E-state index contributed by atoms with van der Waals surface area (Å²) in [5.41, 5.74) is -0.523. The second-order valence-electron chi connectivity index (χ2n) is 6.64. The zero-order valence-electron chi connectivity index (χ0n) is 13.9. The van der Waals surface area contributed by atoms with Crippen molar-refractivity contribution in [3.63, 3.8) is 0 Å². The highest BCUT2D eigenvalue weighted by atomic mass is 16.6. The van der Waals surface area contributed by atoms with Crippen LogP contribution in [-0.2, 0) is 14.3 Å². The molecule has 1 rings (SSSR count). The Morgan fingerprint density at radius 2 is 2.14 bits per heavy atom. The van der Waals surface area contributed by atoms with Crippen molar-refractivity contribution in [1.29, 1.82) is 0 Å². The van der Waals surface area contributed by atoms with Crippen molar-refractivity contribution < 1.29 is 24.2 Å². The van der Waals surface area contributed by atoms with Gasteiger partial charge in [-0.25, -0.2) is 4.79 Å². The molecule has 128 valence electrons. The van der Waals surface area contributed by atoms with Crippen molar-refractivity contribution in [2.24, 2.45) is 0 Å². The molecule has 0 aromatic rings. The molecule has 1 aliphatic rings. The van der Waals surface area contributed by atoms with Gasteiger partial charge in [-0.1, -0.05) is 0 Å². The van der Waals surface area contributed by atoms with Gasteiger partial charge in [-0.05, 0) is 34.1 Å². The summed E-state index contributed by atoms with van der Waals surface area (Å²) in [4.78, 5) is 24.5. The molecule has 0 aliphatic carbocycles. The first-order valence-electron chi connectivity index (χ1n) is 7.71. The standard InChI is InChI=1S/C15H28N2O5/c1-11(16-6-5-13(18)19)9-12-10-21-8-7-17(12)14(20)22-15(2,3)4/h11-12,16H,5-10H2,1-4H3,(H,18,19). The number of morpholine rings is 1. The minimum absolute atomic E-state index is 0.0593. The third-order valence-electron chi connectivity index (χ3n) is 3.31. The summed E-state index contributed by atoms with van der Waals surface area (Å²) in [5.74, 6) is -0.823. The Kier molecular flexibility index (Phi) is 7.09. The van der Waals surface area contributed by atoms with Gasteiger partial charge in [0.25, 0.3) is 0 Å². The minimum atomic E-state index is -0.823. The van der Waals surface area contributed by atoms with Crippen molar-refractivity contribution in [2.45, 2.75) is 58.2 Å². The lowest BCUT2D eigenvalue weighted by atomic mass is 10.1. The summed E-state index contributed by atoms with van der Waals surface area (Å²) in [6, 6.07) is 0.0342. The largest absolute Gasteiger partial charge is 0.481 e. The van der Waals surface area contributed by atoms with Crippen LogP contribution in [-0.4, -0.2) is 66.1 Å². The number of carbonyl (C=O) groups excluding carboxylic acids is 1. The summed E-state index contributed by atoms with van der Waals surface area (Å²) < 4.78 is 10.9. The number of rotatable bonds is 6. The van der Waals surface area contributed by atoms with E-state index in [2.05, 4.69) is 5.32 Å². The second kappa shape index (κ2) is 8.33. The highest BCUT2D eigenvalue weighted by Crippen LogP contribution is 2.17. The highest BCUT2D eigenvalue weighted by molar-refractivity contribution is 5.68. The molecule has 1 aliphatic heterocycles. The maximum atomic E-state index is 12.3. The molecule has 7 heteroatoms. The van der Waals surface area contributed by atoms with E-state index in [4.69, 9.17) is 14.6 Å². The fourth-order valence-corrected chi connectivity index (χ4v) is 2.33. The fourth-order valence-electron chi connectivity index (χ4n) is 2.33. The lowest BCUT2D eigenvalue weighted by molar-refractivity contribution is -0.136.